The van der Waals surface area contributed by atoms with Crippen molar-refractivity contribution in [1.82, 2.24) is 4.90 Å². The van der Waals surface area contributed by atoms with Gasteiger partial charge in [0.2, 0.25) is 11.8 Å². The van der Waals surface area contributed by atoms with Crippen molar-refractivity contribution in [2.24, 2.45) is 17.8 Å². The quantitative estimate of drug-likeness (QED) is 0.229. The van der Waals surface area contributed by atoms with Gasteiger partial charge >= 0.3 is 7.12 Å². The van der Waals surface area contributed by atoms with E-state index < -0.39 is 13.0 Å². The molecule has 4 rings (SSSR count). The van der Waals surface area contributed by atoms with Crippen LogP contribution in [-0.4, -0.2) is 54.2 Å². The van der Waals surface area contributed by atoms with E-state index in [0.29, 0.717) is 24.9 Å². The third kappa shape index (κ3) is 4.54. The maximum atomic E-state index is 12.9. The SMILES string of the molecule is CC/C(=C\c1cc(I)c(O)c(OC)c1)CC[C@H]1OB(O)C[C@H]2C1=C(C)C[C@H]1C(=O)N(C)C(=O)[C@H]12. The highest BCUT2D eigenvalue weighted by Gasteiger charge is 2.55. The van der Waals surface area contributed by atoms with Crippen LogP contribution in [0.3, 0.4) is 0 Å². The van der Waals surface area contributed by atoms with Crippen molar-refractivity contribution in [3.05, 3.63) is 38.0 Å². The van der Waals surface area contributed by atoms with E-state index in [1.54, 1.807) is 7.05 Å². The summed E-state index contributed by atoms with van der Waals surface area (Å²) in [5.74, 6) is -0.555. The Morgan fingerprint density at radius 2 is 2.06 bits per heavy atom. The maximum absolute atomic E-state index is 12.9. The first-order valence-corrected chi connectivity index (χ1v) is 12.8. The number of imide groups is 1. The van der Waals surface area contributed by atoms with E-state index in [0.717, 1.165) is 33.1 Å². The van der Waals surface area contributed by atoms with Gasteiger partial charge in [0.25, 0.3) is 0 Å². The van der Waals surface area contributed by atoms with Gasteiger partial charge in [-0.1, -0.05) is 24.1 Å². The number of benzene rings is 1. The summed E-state index contributed by atoms with van der Waals surface area (Å²) in [6.07, 6.45) is 5.03. The van der Waals surface area contributed by atoms with E-state index in [2.05, 4.69) is 35.6 Å². The van der Waals surface area contributed by atoms with E-state index in [4.69, 9.17) is 9.39 Å². The molecule has 9 heteroatoms. The van der Waals surface area contributed by atoms with Crippen LogP contribution in [0.5, 0.6) is 11.5 Å². The minimum absolute atomic E-state index is 0.110. The van der Waals surface area contributed by atoms with Crippen LogP contribution < -0.4 is 4.74 Å². The number of hydrogen-bond donors (Lipinski definition) is 2. The van der Waals surface area contributed by atoms with Crippen molar-refractivity contribution in [3.63, 3.8) is 0 Å². The fourth-order valence-corrected chi connectivity index (χ4v) is 6.44. The van der Waals surface area contributed by atoms with Gasteiger partial charge in [0, 0.05) is 7.05 Å². The van der Waals surface area contributed by atoms with Gasteiger partial charge in [0.1, 0.15) is 0 Å². The van der Waals surface area contributed by atoms with Gasteiger partial charge in [-0.05, 0) is 90.7 Å². The fraction of sp³-hybridized carbons (Fsp3) is 0.520. The molecule has 34 heavy (non-hydrogen) atoms. The second-order valence-corrected chi connectivity index (χ2v) is 10.6. The Labute approximate surface area is 214 Å². The number of aromatic hydroxyl groups is 1. The van der Waals surface area contributed by atoms with Crippen molar-refractivity contribution in [1.29, 1.82) is 0 Å². The Balaban J connectivity index is 1.57. The summed E-state index contributed by atoms with van der Waals surface area (Å²) in [6.45, 7) is 4.13. The number of amides is 2. The van der Waals surface area contributed by atoms with Crippen LogP contribution >= 0.6 is 22.6 Å². The monoisotopic (exact) mass is 579 g/mol. The Bertz CT molecular complexity index is 1070. The maximum Gasteiger partial charge on any atom is 0.455 e. The topological polar surface area (TPSA) is 96.3 Å². The van der Waals surface area contributed by atoms with Gasteiger partial charge < -0.3 is 19.5 Å². The molecule has 3 aliphatic rings. The molecule has 4 atom stereocenters. The molecule has 2 aliphatic heterocycles. The van der Waals surface area contributed by atoms with Gasteiger partial charge in [-0.3, -0.25) is 14.5 Å². The van der Waals surface area contributed by atoms with Crippen LogP contribution in [0, 0.1) is 21.3 Å². The van der Waals surface area contributed by atoms with Crippen molar-refractivity contribution in [2.75, 3.05) is 14.2 Å². The van der Waals surface area contributed by atoms with Crippen molar-refractivity contribution >= 4 is 47.6 Å². The fourth-order valence-electron chi connectivity index (χ4n) is 5.81. The summed E-state index contributed by atoms with van der Waals surface area (Å²) in [6, 6.07) is 3.73. The highest BCUT2D eigenvalue weighted by Crippen LogP contribution is 2.50. The zero-order valence-electron chi connectivity index (χ0n) is 20.0. The average molecular weight is 579 g/mol. The first kappa shape index (κ1) is 25.3. The van der Waals surface area contributed by atoms with Gasteiger partial charge in [0.15, 0.2) is 11.5 Å². The van der Waals surface area contributed by atoms with Gasteiger partial charge in [0.05, 0.1) is 28.6 Å². The second-order valence-electron chi connectivity index (χ2n) is 9.48. The summed E-state index contributed by atoms with van der Waals surface area (Å²) in [5, 5.41) is 20.6. The van der Waals surface area contributed by atoms with Crippen molar-refractivity contribution in [2.45, 2.75) is 52.0 Å². The largest absolute Gasteiger partial charge is 0.504 e. The normalized spacial score (nSPS) is 27.3. The molecule has 0 saturated carbocycles. The summed E-state index contributed by atoms with van der Waals surface area (Å²) in [4.78, 5) is 26.7. The zero-order valence-corrected chi connectivity index (χ0v) is 22.2. The number of methoxy groups -OCH3 is 1. The number of phenolic OH excluding ortho intramolecular Hbond substituents is 1. The number of halogens is 1. The smallest absolute Gasteiger partial charge is 0.455 e. The predicted octanol–water partition coefficient (Wildman–Crippen LogP) is 4.03. The lowest BCUT2D eigenvalue weighted by Gasteiger charge is -2.42. The van der Waals surface area contributed by atoms with E-state index in [1.807, 2.05) is 19.1 Å². The zero-order chi connectivity index (χ0) is 24.7. The number of hydrogen-bond acceptors (Lipinski definition) is 6. The predicted molar refractivity (Wildman–Crippen MR) is 138 cm³/mol. The van der Waals surface area contributed by atoms with Gasteiger partial charge in [-0.2, -0.15) is 0 Å². The third-order valence-electron chi connectivity index (χ3n) is 7.50. The van der Waals surface area contributed by atoms with Crippen molar-refractivity contribution < 1.29 is 29.1 Å². The molecule has 1 aromatic rings. The first-order chi connectivity index (χ1) is 16.2. The summed E-state index contributed by atoms with van der Waals surface area (Å²) in [5.41, 5.74) is 4.37. The van der Waals surface area contributed by atoms with Crippen LogP contribution in [0.1, 0.15) is 45.1 Å². The number of allylic oxidation sites excluding steroid dienone is 2. The Morgan fingerprint density at radius 1 is 1.32 bits per heavy atom. The molecule has 2 saturated heterocycles. The Morgan fingerprint density at radius 3 is 2.74 bits per heavy atom. The summed E-state index contributed by atoms with van der Waals surface area (Å²) in [7, 11) is 2.14. The molecule has 0 radical (unpaired) electrons. The standard InChI is InChI=1S/C25H31BINO6/c1-5-14(9-15-10-18(27)23(29)20(11-15)33-4)6-7-19-21-13(2)8-16-22(17(21)12-26(32)34-19)25(31)28(3)24(16)30/h9-11,16-17,19,22,29,32H,5-8,12H2,1-4H3/b14-9+/t16-,17+,19-,22-/m1/s1. The average Bonchev–Trinajstić information content (AvgIpc) is 3.02. The Kier molecular flexibility index (Phi) is 7.45. The number of ether oxygens (including phenoxy) is 1. The third-order valence-corrected chi connectivity index (χ3v) is 8.32. The molecule has 7 nitrogen and oxygen atoms in total. The number of carbonyl (C=O) groups excluding carboxylic acids is 2. The van der Waals surface area contributed by atoms with Crippen LogP contribution in [0.15, 0.2) is 28.9 Å². The molecule has 1 aliphatic carbocycles. The molecule has 1 aromatic carbocycles. The number of likely N-dealkylation sites (tertiary alicyclic amines) is 1. The van der Waals surface area contributed by atoms with Crippen LogP contribution in [0.4, 0.5) is 0 Å². The van der Waals surface area contributed by atoms with E-state index in [9.17, 15) is 19.7 Å². The molecular weight excluding hydrogens is 548 g/mol. The lowest BCUT2D eigenvalue weighted by Crippen LogP contribution is -2.45. The van der Waals surface area contributed by atoms with Crippen LogP contribution in [0.2, 0.25) is 6.32 Å². The molecule has 2 heterocycles. The molecule has 2 fully saturated rings. The van der Waals surface area contributed by atoms with Gasteiger partial charge in [-0.25, -0.2) is 0 Å². The Hall–Kier alpha value is -1.85. The van der Waals surface area contributed by atoms with Crippen LogP contribution in [-0.2, 0) is 14.2 Å². The van der Waals surface area contributed by atoms with E-state index in [1.165, 1.54) is 17.6 Å². The highest BCUT2D eigenvalue weighted by atomic mass is 127. The molecule has 2 N–H and O–H groups in total. The molecule has 0 aromatic heterocycles. The van der Waals surface area contributed by atoms with E-state index >= 15 is 0 Å². The molecule has 182 valence electrons. The molecular formula is C25H31BINO6. The molecule has 2 amide bonds. The summed E-state index contributed by atoms with van der Waals surface area (Å²) >= 11 is 2.09. The lowest BCUT2D eigenvalue weighted by molar-refractivity contribution is -0.138. The second kappa shape index (κ2) is 10.0. The summed E-state index contributed by atoms with van der Waals surface area (Å²) < 4.78 is 12.0. The van der Waals surface area contributed by atoms with E-state index in [-0.39, 0.29) is 35.5 Å². The number of nitrogens with zero attached hydrogens (tertiary/aromatic N) is 1. The van der Waals surface area contributed by atoms with Crippen LogP contribution in [0.25, 0.3) is 6.08 Å². The molecule has 0 bridgehead atoms. The minimum Gasteiger partial charge on any atom is -0.504 e. The lowest BCUT2D eigenvalue weighted by atomic mass is 9.59. The van der Waals surface area contributed by atoms with Crippen molar-refractivity contribution in [3.8, 4) is 11.5 Å². The number of carbonyl (C=O) groups is 2. The number of rotatable bonds is 6. The highest BCUT2D eigenvalue weighted by molar-refractivity contribution is 14.1. The first-order valence-electron chi connectivity index (χ1n) is 11.8. The van der Waals surface area contributed by atoms with Gasteiger partial charge in [-0.15, -0.1) is 0 Å². The molecule has 0 unspecified atom stereocenters. The minimum atomic E-state index is -0.948. The molecule has 0 spiro atoms. The number of phenols is 1. The number of fused-ring (bicyclic) bond motifs is 3.